The smallest absolute Gasteiger partial charge is 0.346 e. The van der Waals surface area contributed by atoms with E-state index in [-0.39, 0.29) is 12.5 Å². The van der Waals surface area contributed by atoms with E-state index in [0.717, 1.165) is 4.57 Å². The molecule has 1 aliphatic rings. The molecule has 0 unspecified atom stereocenters. The number of aromatic nitrogens is 3. The molecule has 0 saturated carbocycles. The van der Waals surface area contributed by atoms with Gasteiger partial charge < -0.3 is 5.32 Å². The minimum Gasteiger partial charge on any atom is -0.346 e. The number of hydrogen-bond donors (Lipinski definition) is 2. The van der Waals surface area contributed by atoms with E-state index in [1.165, 1.54) is 0 Å². The molecule has 1 aromatic rings. The van der Waals surface area contributed by atoms with Crippen LogP contribution in [0.2, 0.25) is 0 Å². The monoisotopic (exact) mass is 194 g/mol. The largest absolute Gasteiger partial charge is 0.351 e. The molecule has 1 aromatic heterocycles. The Bertz CT molecular complexity index is 525. The lowest BCUT2D eigenvalue weighted by atomic mass is 10.7. The van der Waals surface area contributed by atoms with Gasteiger partial charge in [-0.2, -0.15) is 9.98 Å². The second kappa shape index (κ2) is 2.91. The molecule has 0 aliphatic carbocycles. The fourth-order valence-corrected chi connectivity index (χ4v) is 0.941. The van der Waals surface area contributed by atoms with Crippen LogP contribution < -0.4 is 16.7 Å². The molecule has 71 valence electrons. The maximum absolute atomic E-state index is 11.1. The van der Waals surface area contributed by atoms with Crippen molar-refractivity contribution in [1.29, 1.82) is 0 Å². The van der Waals surface area contributed by atoms with Gasteiger partial charge in [-0.05, 0) is 0 Å². The van der Waals surface area contributed by atoms with Crippen LogP contribution in [0.4, 0.5) is 0 Å². The molecule has 2 rings (SSSR count). The third-order valence-electron chi connectivity index (χ3n) is 1.51. The highest BCUT2D eigenvalue weighted by atomic mass is 16.2. The van der Waals surface area contributed by atoms with Gasteiger partial charge in [0, 0.05) is 0 Å². The quantitative estimate of drug-likeness (QED) is 0.459. The van der Waals surface area contributed by atoms with Gasteiger partial charge in [-0.3, -0.25) is 9.78 Å². The lowest BCUT2D eigenvalue weighted by Gasteiger charge is -2.00. The molecule has 2 N–H and O–H groups in total. The number of nitrogens with one attached hydrogen (secondary N) is 2. The number of amides is 1. The molecular weight excluding hydrogens is 190 g/mol. The number of aromatic amines is 1. The Labute approximate surface area is 76.3 Å². The summed E-state index contributed by atoms with van der Waals surface area (Å²) >= 11 is 0. The Hall–Kier alpha value is -2.25. The number of nitrogens with zero attached hydrogens (tertiary/aromatic N) is 3. The Kier molecular flexibility index (Phi) is 1.73. The van der Waals surface area contributed by atoms with Crippen molar-refractivity contribution >= 4 is 11.9 Å². The fourth-order valence-electron chi connectivity index (χ4n) is 0.941. The van der Waals surface area contributed by atoms with Crippen LogP contribution in [-0.4, -0.2) is 32.9 Å². The Balaban J connectivity index is 2.53. The first-order valence-electron chi connectivity index (χ1n) is 3.63. The van der Waals surface area contributed by atoms with Crippen LogP contribution in [0.25, 0.3) is 0 Å². The predicted molar refractivity (Wildman–Crippen MR) is 43.8 cm³/mol. The van der Waals surface area contributed by atoms with Crippen molar-refractivity contribution in [3.05, 3.63) is 27.3 Å². The van der Waals surface area contributed by atoms with Crippen LogP contribution in [0.1, 0.15) is 0 Å². The summed E-state index contributed by atoms with van der Waals surface area (Å²) in [5.74, 6) is -0.379. The summed E-state index contributed by atoms with van der Waals surface area (Å²) in [7, 11) is 0. The van der Waals surface area contributed by atoms with Crippen molar-refractivity contribution in [2.75, 3.05) is 6.54 Å². The van der Waals surface area contributed by atoms with Gasteiger partial charge in [-0.15, -0.1) is 0 Å². The molecule has 0 atom stereocenters. The summed E-state index contributed by atoms with van der Waals surface area (Å²) in [6.45, 7) is 0.0226. The van der Waals surface area contributed by atoms with Crippen LogP contribution in [-0.2, 0) is 4.79 Å². The topological polar surface area (TPSA) is 109 Å². The summed E-state index contributed by atoms with van der Waals surface area (Å²) in [4.78, 5) is 41.1. The molecule has 8 heteroatoms. The first-order valence-corrected chi connectivity index (χ1v) is 3.63. The van der Waals surface area contributed by atoms with Gasteiger partial charge in [-0.1, -0.05) is 0 Å². The molecule has 1 radical (unpaired) electrons. The zero-order valence-electron chi connectivity index (χ0n) is 6.77. The van der Waals surface area contributed by atoms with Gasteiger partial charge >= 0.3 is 11.4 Å². The lowest BCUT2D eigenvalue weighted by Crippen LogP contribution is -2.40. The van der Waals surface area contributed by atoms with E-state index >= 15 is 0 Å². The minimum atomic E-state index is -0.795. The zero-order chi connectivity index (χ0) is 10.1. The van der Waals surface area contributed by atoms with Crippen molar-refractivity contribution in [2.24, 2.45) is 4.99 Å². The molecule has 0 saturated heterocycles. The molecular formula is C6H4N5O3. The van der Waals surface area contributed by atoms with Gasteiger partial charge in [0.2, 0.25) is 5.96 Å². The number of carbonyl (C=O) groups is 1. The van der Waals surface area contributed by atoms with Crippen LogP contribution >= 0.6 is 0 Å². The molecule has 0 spiro atoms. The van der Waals surface area contributed by atoms with E-state index < -0.39 is 17.3 Å². The van der Waals surface area contributed by atoms with E-state index in [4.69, 9.17) is 0 Å². The van der Waals surface area contributed by atoms with Crippen molar-refractivity contribution in [3.8, 4) is 0 Å². The van der Waals surface area contributed by atoms with Crippen molar-refractivity contribution < 1.29 is 4.79 Å². The van der Waals surface area contributed by atoms with Gasteiger partial charge in [0.05, 0.1) is 6.54 Å². The first-order chi connectivity index (χ1) is 6.66. The van der Waals surface area contributed by atoms with Crippen molar-refractivity contribution in [1.82, 2.24) is 19.9 Å². The second-order valence-electron chi connectivity index (χ2n) is 2.47. The number of rotatable bonds is 0. The summed E-state index contributed by atoms with van der Waals surface area (Å²) in [5, 5.41) is 2.55. The van der Waals surface area contributed by atoms with E-state index in [1.807, 2.05) is 4.98 Å². The lowest BCUT2D eigenvalue weighted by molar-refractivity contribution is -0.116. The van der Waals surface area contributed by atoms with Crippen LogP contribution in [0.15, 0.2) is 14.6 Å². The first kappa shape index (κ1) is 8.35. The summed E-state index contributed by atoms with van der Waals surface area (Å²) in [6, 6.07) is 0. The molecule has 0 fully saturated rings. The molecule has 14 heavy (non-hydrogen) atoms. The Morgan fingerprint density at radius 2 is 2.14 bits per heavy atom. The molecule has 0 bridgehead atoms. The SMILES string of the molecule is O=C1CNC(n2[c]nc(=O)[nH]c2=O)=N1. The van der Waals surface area contributed by atoms with E-state index in [0.29, 0.717) is 0 Å². The molecule has 2 heterocycles. The highest BCUT2D eigenvalue weighted by Crippen LogP contribution is 1.86. The van der Waals surface area contributed by atoms with Gasteiger partial charge in [0.1, 0.15) is 0 Å². The van der Waals surface area contributed by atoms with Crippen LogP contribution in [0.3, 0.4) is 0 Å². The van der Waals surface area contributed by atoms with Gasteiger partial charge in [0.25, 0.3) is 5.91 Å². The van der Waals surface area contributed by atoms with E-state index in [2.05, 4.69) is 21.6 Å². The third kappa shape index (κ3) is 1.32. The zero-order valence-corrected chi connectivity index (χ0v) is 6.77. The molecule has 8 nitrogen and oxygen atoms in total. The fraction of sp³-hybridized carbons (Fsp3) is 0.167. The van der Waals surface area contributed by atoms with Crippen molar-refractivity contribution in [3.63, 3.8) is 0 Å². The maximum Gasteiger partial charge on any atom is 0.351 e. The average Bonchev–Trinajstić information content (AvgIpc) is 2.51. The number of H-pyrrole nitrogens is 1. The summed E-state index contributed by atoms with van der Waals surface area (Å²) < 4.78 is 0.826. The Morgan fingerprint density at radius 3 is 2.71 bits per heavy atom. The van der Waals surface area contributed by atoms with Crippen molar-refractivity contribution in [2.45, 2.75) is 0 Å². The molecule has 1 amide bonds. The van der Waals surface area contributed by atoms with Gasteiger partial charge in [0.15, 0.2) is 6.33 Å². The second-order valence-corrected chi connectivity index (χ2v) is 2.47. The average molecular weight is 194 g/mol. The Morgan fingerprint density at radius 1 is 1.36 bits per heavy atom. The predicted octanol–water partition coefficient (Wildman–Crippen LogP) is -2.93. The number of carbonyl (C=O) groups excluding carboxylic acids is 1. The normalized spacial score (nSPS) is 15.1. The van der Waals surface area contributed by atoms with E-state index in [1.54, 1.807) is 0 Å². The van der Waals surface area contributed by atoms with Gasteiger partial charge in [-0.25, -0.2) is 14.2 Å². The maximum atomic E-state index is 11.1. The highest BCUT2D eigenvalue weighted by molar-refractivity contribution is 6.01. The van der Waals surface area contributed by atoms with E-state index in [9.17, 15) is 14.4 Å². The van der Waals surface area contributed by atoms with Crippen LogP contribution in [0.5, 0.6) is 0 Å². The number of aliphatic imine (C=N–C) groups is 1. The summed E-state index contributed by atoms with van der Waals surface area (Å²) in [5.41, 5.74) is -1.54. The van der Waals surface area contributed by atoms with Crippen LogP contribution in [0, 0.1) is 6.33 Å². The molecule has 0 aromatic carbocycles. The molecule has 1 aliphatic heterocycles. The third-order valence-corrected chi connectivity index (χ3v) is 1.51. The summed E-state index contributed by atoms with van der Waals surface area (Å²) in [6.07, 6.45) is 2.13. The highest BCUT2D eigenvalue weighted by Gasteiger charge is 2.15. The number of hydrogen-bond acceptors (Lipinski definition) is 5. The standard InChI is InChI=1S/C6H4N5O3/c12-3-1-7-4(9-3)11-2-8-5(13)10-6(11)14/h1H2,(H,7,9,12)(H,10,13,14). The minimum absolute atomic E-state index is 0.0174.